The summed E-state index contributed by atoms with van der Waals surface area (Å²) in [5.41, 5.74) is 0. The quantitative estimate of drug-likeness (QED) is 0.234. The number of nitrogens with zero attached hydrogens (tertiary/aromatic N) is 2. The van der Waals surface area contributed by atoms with Gasteiger partial charge in [-0.3, -0.25) is 4.84 Å². The molecule has 0 saturated heterocycles. The SMILES string of the molecule is C[N+](C)(C)C[C@](O)(CC(=O)[O-])O[N+](=O)[O-]. The minimum atomic E-state index is -2.36. The normalized spacial score (nSPS) is 15.5. The molecule has 0 bridgehead atoms. The molecule has 0 saturated carbocycles. The fraction of sp³-hybridized carbons (Fsp3) is 0.857. The Morgan fingerprint density at radius 3 is 2.27 bits per heavy atom. The van der Waals surface area contributed by atoms with E-state index in [0.29, 0.717) is 0 Å². The predicted molar refractivity (Wildman–Crippen MR) is 45.6 cm³/mol. The first-order chi connectivity index (χ1) is 6.54. The van der Waals surface area contributed by atoms with Gasteiger partial charge in [0.2, 0.25) is 0 Å². The number of aliphatic carboxylic acids is 1. The summed E-state index contributed by atoms with van der Waals surface area (Å²) in [6, 6.07) is 0. The first-order valence-corrected chi connectivity index (χ1v) is 4.10. The maximum absolute atomic E-state index is 10.3. The predicted octanol–water partition coefficient (Wildman–Crippen LogP) is -2.27. The summed E-state index contributed by atoms with van der Waals surface area (Å²) in [7, 11) is 4.89. The molecule has 0 aromatic heterocycles. The van der Waals surface area contributed by atoms with E-state index < -0.39 is 23.3 Å². The minimum absolute atomic E-state index is 0.109. The molecule has 0 aliphatic carbocycles. The average molecular weight is 222 g/mol. The lowest BCUT2D eigenvalue weighted by atomic mass is 10.1. The third kappa shape index (κ3) is 6.63. The van der Waals surface area contributed by atoms with Gasteiger partial charge in [0.15, 0.2) is 0 Å². The molecule has 8 nitrogen and oxygen atoms in total. The van der Waals surface area contributed by atoms with Gasteiger partial charge in [-0.15, -0.1) is 10.1 Å². The van der Waals surface area contributed by atoms with Gasteiger partial charge in [-0.05, 0) is 0 Å². The molecular weight excluding hydrogens is 208 g/mol. The minimum Gasteiger partial charge on any atom is -0.550 e. The molecule has 0 aliphatic heterocycles. The van der Waals surface area contributed by atoms with E-state index in [9.17, 15) is 25.1 Å². The highest BCUT2D eigenvalue weighted by Gasteiger charge is 2.38. The highest BCUT2D eigenvalue weighted by Crippen LogP contribution is 2.15. The second kappa shape index (κ2) is 4.41. The molecule has 0 spiro atoms. The number of hydrogen-bond acceptors (Lipinski definition) is 6. The van der Waals surface area contributed by atoms with Crippen LogP contribution in [0.4, 0.5) is 0 Å². The maximum atomic E-state index is 10.3. The van der Waals surface area contributed by atoms with Crippen molar-refractivity contribution in [3.63, 3.8) is 0 Å². The van der Waals surface area contributed by atoms with Gasteiger partial charge in [0, 0.05) is 12.4 Å². The van der Waals surface area contributed by atoms with Gasteiger partial charge in [0.1, 0.15) is 6.54 Å². The van der Waals surface area contributed by atoms with E-state index in [-0.39, 0.29) is 11.0 Å². The maximum Gasteiger partial charge on any atom is 0.297 e. The summed E-state index contributed by atoms with van der Waals surface area (Å²) >= 11 is 0. The molecule has 0 amide bonds. The monoisotopic (exact) mass is 222 g/mol. The van der Waals surface area contributed by atoms with Gasteiger partial charge in [0.05, 0.1) is 21.1 Å². The summed E-state index contributed by atoms with van der Waals surface area (Å²) < 4.78 is 0.109. The van der Waals surface area contributed by atoms with Gasteiger partial charge in [-0.25, -0.2) is 0 Å². The third-order valence-corrected chi connectivity index (χ3v) is 1.39. The largest absolute Gasteiger partial charge is 0.550 e. The van der Waals surface area contributed by atoms with Crippen molar-refractivity contribution in [2.75, 3.05) is 27.7 Å². The van der Waals surface area contributed by atoms with Crippen LogP contribution in [0.5, 0.6) is 0 Å². The van der Waals surface area contributed by atoms with Crippen molar-refractivity contribution >= 4 is 5.97 Å². The summed E-state index contributed by atoms with van der Waals surface area (Å²) in [4.78, 5) is 24.4. The molecule has 1 N–H and O–H groups in total. The highest BCUT2D eigenvalue weighted by atomic mass is 17.0. The lowest BCUT2D eigenvalue weighted by Gasteiger charge is -2.33. The second-order valence-corrected chi connectivity index (χ2v) is 4.26. The number of hydrogen-bond donors (Lipinski definition) is 1. The fourth-order valence-corrected chi connectivity index (χ4v) is 1.22. The molecule has 0 aromatic rings. The van der Waals surface area contributed by atoms with Crippen LogP contribution in [-0.4, -0.2) is 54.1 Å². The van der Waals surface area contributed by atoms with Gasteiger partial charge in [-0.2, -0.15) is 0 Å². The van der Waals surface area contributed by atoms with Crippen molar-refractivity contribution in [3.8, 4) is 0 Å². The van der Waals surface area contributed by atoms with Crippen LogP contribution >= 0.6 is 0 Å². The lowest BCUT2D eigenvalue weighted by Crippen LogP contribution is -2.53. The van der Waals surface area contributed by atoms with Crippen LogP contribution < -0.4 is 5.11 Å². The first-order valence-electron chi connectivity index (χ1n) is 4.10. The van der Waals surface area contributed by atoms with Crippen molar-refractivity contribution in [1.82, 2.24) is 0 Å². The molecule has 15 heavy (non-hydrogen) atoms. The number of aliphatic hydroxyl groups is 1. The van der Waals surface area contributed by atoms with Crippen LogP contribution in [0.3, 0.4) is 0 Å². The standard InChI is InChI=1S/C7H14N2O6/c1-9(2,3)5-7(12,4-6(10)11)15-8(13)14/h12H,4-5H2,1-3H3/t7-/m0/s1. The molecule has 0 rings (SSSR count). The number of carbonyl (C=O) groups excluding carboxylic acids is 1. The zero-order valence-electron chi connectivity index (χ0n) is 8.80. The summed E-state index contributed by atoms with van der Waals surface area (Å²) in [5, 5.41) is 28.8. The van der Waals surface area contributed by atoms with E-state index >= 15 is 0 Å². The van der Waals surface area contributed by atoms with Crippen LogP contribution in [0, 0.1) is 10.1 Å². The average Bonchev–Trinajstić information content (AvgIpc) is 1.73. The topological polar surface area (TPSA) is 113 Å². The molecule has 1 atom stereocenters. The fourth-order valence-electron chi connectivity index (χ4n) is 1.22. The summed E-state index contributed by atoms with van der Waals surface area (Å²) in [6.45, 7) is -0.248. The Morgan fingerprint density at radius 1 is 1.53 bits per heavy atom. The highest BCUT2D eigenvalue weighted by molar-refractivity contribution is 5.65. The number of carboxylic acids is 1. The molecule has 0 heterocycles. The van der Waals surface area contributed by atoms with E-state index in [1.165, 1.54) is 0 Å². The molecule has 0 aromatic carbocycles. The Balaban J connectivity index is 4.69. The van der Waals surface area contributed by atoms with Crippen molar-refractivity contribution in [2.45, 2.75) is 12.2 Å². The van der Waals surface area contributed by atoms with Gasteiger partial charge in [-0.1, -0.05) is 0 Å². The third-order valence-electron chi connectivity index (χ3n) is 1.39. The van der Waals surface area contributed by atoms with Gasteiger partial charge < -0.3 is 19.5 Å². The molecule has 0 radical (unpaired) electrons. The van der Waals surface area contributed by atoms with Crippen LogP contribution in [0.15, 0.2) is 0 Å². The Hall–Kier alpha value is -1.41. The van der Waals surface area contributed by atoms with Crippen LogP contribution in [-0.2, 0) is 9.63 Å². The Morgan fingerprint density at radius 2 is 2.00 bits per heavy atom. The lowest BCUT2D eigenvalue weighted by molar-refractivity contribution is -0.900. The van der Waals surface area contributed by atoms with Crippen LogP contribution in [0.25, 0.3) is 0 Å². The second-order valence-electron chi connectivity index (χ2n) is 4.26. The molecule has 0 unspecified atom stereocenters. The first kappa shape index (κ1) is 13.6. The van der Waals surface area contributed by atoms with Crippen molar-refractivity contribution in [1.29, 1.82) is 0 Å². The zero-order chi connectivity index (χ0) is 12.3. The molecular formula is C7H14N2O6. The van der Waals surface area contributed by atoms with Gasteiger partial charge in [0.25, 0.3) is 10.9 Å². The number of carbonyl (C=O) groups is 1. The number of quaternary nitrogens is 1. The zero-order valence-corrected chi connectivity index (χ0v) is 8.80. The van der Waals surface area contributed by atoms with E-state index in [4.69, 9.17) is 0 Å². The molecule has 88 valence electrons. The summed E-state index contributed by atoms with van der Waals surface area (Å²) in [5.74, 6) is -3.98. The van der Waals surface area contributed by atoms with E-state index in [0.717, 1.165) is 0 Å². The van der Waals surface area contributed by atoms with Crippen molar-refractivity contribution in [2.24, 2.45) is 0 Å². The molecule has 0 aliphatic rings. The molecule has 8 heteroatoms. The van der Waals surface area contributed by atoms with Crippen LogP contribution in [0.1, 0.15) is 6.42 Å². The van der Waals surface area contributed by atoms with Crippen molar-refractivity contribution in [3.05, 3.63) is 10.1 Å². The van der Waals surface area contributed by atoms with E-state index in [2.05, 4.69) is 4.84 Å². The Labute approximate surface area is 86.4 Å². The Kier molecular flexibility index (Phi) is 3.99. The number of carboxylic acid groups (broad SMARTS) is 1. The van der Waals surface area contributed by atoms with E-state index in [1.807, 2.05) is 0 Å². The van der Waals surface area contributed by atoms with Crippen LogP contribution in [0.2, 0.25) is 0 Å². The van der Waals surface area contributed by atoms with Crippen molar-refractivity contribution < 1.29 is 29.4 Å². The smallest absolute Gasteiger partial charge is 0.297 e. The van der Waals surface area contributed by atoms with Gasteiger partial charge >= 0.3 is 0 Å². The number of likely N-dealkylation sites (N-methyl/N-ethyl adjacent to an activating group) is 1. The molecule has 0 fully saturated rings. The van der Waals surface area contributed by atoms with E-state index in [1.54, 1.807) is 21.1 Å². The summed E-state index contributed by atoms with van der Waals surface area (Å²) in [6.07, 6.45) is -0.955. The Bertz CT molecular complexity index is 243. The number of rotatable bonds is 6.